The molecule has 0 saturated carbocycles. The van der Waals surface area contributed by atoms with Crippen LogP contribution in [0, 0.1) is 12.3 Å². The van der Waals surface area contributed by atoms with Crippen LogP contribution in [0.3, 0.4) is 0 Å². The van der Waals surface area contributed by atoms with E-state index in [9.17, 15) is 5.11 Å². The van der Waals surface area contributed by atoms with E-state index < -0.39 is 6.10 Å². The van der Waals surface area contributed by atoms with E-state index >= 15 is 0 Å². The summed E-state index contributed by atoms with van der Waals surface area (Å²) in [5.41, 5.74) is 2.70. The Bertz CT molecular complexity index is 1080. The van der Waals surface area contributed by atoms with Crippen molar-refractivity contribution in [1.29, 1.82) is 0 Å². The summed E-state index contributed by atoms with van der Waals surface area (Å²) >= 11 is 0. The largest absolute Gasteiger partial charge is 0.497 e. The number of aromatic nitrogens is 2. The van der Waals surface area contributed by atoms with Crippen molar-refractivity contribution < 1.29 is 24.1 Å². The number of benzene rings is 2. The lowest BCUT2D eigenvalue weighted by atomic mass is 10.1. The number of ether oxygens (including phenoxy) is 4. The number of aryl methyl sites for hydroxylation is 1. The van der Waals surface area contributed by atoms with Crippen LogP contribution in [0.5, 0.6) is 17.4 Å². The molecular formula is C27H33N3O5. The molecule has 1 N–H and O–H groups in total. The van der Waals surface area contributed by atoms with E-state index in [1.54, 1.807) is 18.9 Å². The molecule has 2 aromatic carbocycles. The number of hydrogen-bond acceptors (Lipinski definition) is 7. The first-order valence-electron chi connectivity index (χ1n) is 11.4. The first-order valence-corrected chi connectivity index (χ1v) is 11.4. The molecule has 1 aromatic heterocycles. The van der Waals surface area contributed by atoms with E-state index in [0.29, 0.717) is 37.9 Å². The molecule has 0 aliphatic carbocycles. The highest BCUT2D eigenvalue weighted by Crippen LogP contribution is 2.34. The molecule has 3 rings (SSSR count). The minimum Gasteiger partial charge on any atom is -0.497 e. The third-order valence-electron chi connectivity index (χ3n) is 5.37. The van der Waals surface area contributed by atoms with Crippen molar-refractivity contribution in [1.82, 2.24) is 14.7 Å². The second-order valence-electron chi connectivity index (χ2n) is 8.00. The lowest BCUT2D eigenvalue weighted by Crippen LogP contribution is -2.36. The van der Waals surface area contributed by atoms with E-state index in [2.05, 4.69) is 10.8 Å². The molecule has 8 heteroatoms. The Labute approximate surface area is 207 Å². The summed E-state index contributed by atoms with van der Waals surface area (Å²) < 4.78 is 23.9. The van der Waals surface area contributed by atoms with Gasteiger partial charge in [-0.15, -0.1) is 6.42 Å². The lowest BCUT2D eigenvalue weighted by Gasteiger charge is -2.25. The lowest BCUT2D eigenvalue weighted by molar-refractivity contribution is 0.0206. The van der Waals surface area contributed by atoms with Crippen molar-refractivity contribution in [3.63, 3.8) is 0 Å². The van der Waals surface area contributed by atoms with Crippen molar-refractivity contribution in [2.45, 2.75) is 12.6 Å². The summed E-state index contributed by atoms with van der Waals surface area (Å²) in [7, 11) is 5.14. The standard InChI is InChI=1S/C27H33N3O5/c1-5-16-34-20-22(31)18-30(15-17-32-3)19-25-26(21-9-7-6-8-10-21)28-29(2)27(25)35-24-13-11-23(33-4)12-14-24/h1,6-14,22,31H,15-20H2,2-4H3. The number of rotatable bonds is 14. The van der Waals surface area contributed by atoms with E-state index in [1.165, 1.54) is 0 Å². The summed E-state index contributed by atoms with van der Waals surface area (Å²) in [5.74, 6) is 4.45. The molecule has 3 aromatic rings. The first-order chi connectivity index (χ1) is 17.0. The summed E-state index contributed by atoms with van der Waals surface area (Å²) in [6.45, 7) is 2.29. The highest BCUT2D eigenvalue weighted by atomic mass is 16.5. The fraction of sp³-hybridized carbons (Fsp3) is 0.370. The molecule has 0 radical (unpaired) electrons. The van der Waals surface area contributed by atoms with Gasteiger partial charge in [-0.05, 0) is 24.3 Å². The maximum atomic E-state index is 10.5. The number of methoxy groups -OCH3 is 2. The Morgan fingerprint density at radius 1 is 1.09 bits per heavy atom. The third kappa shape index (κ3) is 7.57. The van der Waals surface area contributed by atoms with Gasteiger partial charge in [-0.1, -0.05) is 36.3 Å². The van der Waals surface area contributed by atoms with Gasteiger partial charge >= 0.3 is 0 Å². The minimum absolute atomic E-state index is 0.154. The van der Waals surface area contributed by atoms with E-state index in [-0.39, 0.29) is 13.2 Å². The van der Waals surface area contributed by atoms with Crippen LogP contribution in [0.4, 0.5) is 0 Å². The van der Waals surface area contributed by atoms with Gasteiger partial charge in [0.2, 0.25) is 5.88 Å². The van der Waals surface area contributed by atoms with Crippen LogP contribution in [0.1, 0.15) is 5.56 Å². The van der Waals surface area contributed by atoms with Gasteiger partial charge in [0.15, 0.2) is 0 Å². The molecule has 1 unspecified atom stereocenters. The van der Waals surface area contributed by atoms with Crippen molar-refractivity contribution >= 4 is 0 Å². The normalized spacial score (nSPS) is 11.9. The van der Waals surface area contributed by atoms with Gasteiger partial charge in [-0.2, -0.15) is 5.10 Å². The molecule has 0 fully saturated rings. The third-order valence-corrected chi connectivity index (χ3v) is 5.37. The Balaban J connectivity index is 1.92. The maximum absolute atomic E-state index is 10.5. The van der Waals surface area contributed by atoms with Crippen LogP contribution in [0.2, 0.25) is 0 Å². The topological polar surface area (TPSA) is 78.2 Å². The number of nitrogens with zero attached hydrogens (tertiary/aromatic N) is 3. The Hall–Kier alpha value is -3.35. The summed E-state index contributed by atoms with van der Waals surface area (Å²) in [6, 6.07) is 17.4. The average Bonchev–Trinajstić information content (AvgIpc) is 3.18. The first kappa shape index (κ1) is 26.3. The molecule has 0 aliphatic heterocycles. The molecule has 1 atom stereocenters. The van der Waals surface area contributed by atoms with Gasteiger partial charge in [0.05, 0.1) is 32.0 Å². The monoisotopic (exact) mass is 479 g/mol. The van der Waals surface area contributed by atoms with Crippen molar-refractivity contribution in [3.05, 3.63) is 60.2 Å². The van der Waals surface area contributed by atoms with E-state index in [0.717, 1.165) is 22.6 Å². The van der Waals surface area contributed by atoms with Crippen LogP contribution in [-0.2, 0) is 23.1 Å². The van der Waals surface area contributed by atoms with Crippen molar-refractivity contribution in [2.75, 3.05) is 47.1 Å². The predicted molar refractivity (Wildman–Crippen MR) is 135 cm³/mol. The molecule has 0 spiro atoms. The molecule has 0 aliphatic rings. The molecule has 186 valence electrons. The van der Waals surface area contributed by atoms with Crippen LogP contribution >= 0.6 is 0 Å². The maximum Gasteiger partial charge on any atom is 0.222 e. The van der Waals surface area contributed by atoms with Gasteiger partial charge in [0.1, 0.15) is 23.8 Å². The molecule has 35 heavy (non-hydrogen) atoms. The highest BCUT2D eigenvalue weighted by molar-refractivity contribution is 5.65. The Morgan fingerprint density at radius 3 is 2.46 bits per heavy atom. The molecule has 1 heterocycles. The van der Waals surface area contributed by atoms with Gasteiger partial charge in [0.25, 0.3) is 0 Å². The van der Waals surface area contributed by atoms with Crippen LogP contribution in [0.25, 0.3) is 11.3 Å². The Morgan fingerprint density at radius 2 is 1.80 bits per heavy atom. The average molecular weight is 480 g/mol. The predicted octanol–water partition coefficient (Wildman–Crippen LogP) is 3.35. The zero-order valence-corrected chi connectivity index (χ0v) is 20.5. The molecule has 0 saturated heterocycles. The van der Waals surface area contributed by atoms with E-state index in [1.807, 2.05) is 61.6 Å². The fourth-order valence-electron chi connectivity index (χ4n) is 3.69. The number of terminal acetylenes is 1. The number of aliphatic hydroxyl groups is 1. The quantitative estimate of drug-likeness (QED) is 0.281. The van der Waals surface area contributed by atoms with Gasteiger partial charge in [-0.3, -0.25) is 4.90 Å². The van der Waals surface area contributed by atoms with Crippen molar-refractivity contribution in [2.24, 2.45) is 7.05 Å². The second kappa shape index (κ2) is 13.5. The minimum atomic E-state index is -0.706. The van der Waals surface area contributed by atoms with E-state index in [4.69, 9.17) is 30.5 Å². The second-order valence-corrected chi connectivity index (χ2v) is 8.00. The van der Waals surface area contributed by atoms with Gasteiger partial charge < -0.3 is 24.1 Å². The molecule has 0 bridgehead atoms. The summed E-state index contributed by atoms with van der Waals surface area (Å²) in [4.78, 5) is 2.09. The molecule has 8 nitrogen and oxygen atoms in total. The summed E-state index contributed by atoms with van der Waals surface area (Å²) in [6.07, 6.45) is 4.53. The number of hydrogen-bond donors (Lipinski definition) is 1. The smallest absolute Gasteiger partial charge is 0.222 e. The fourth-order valence-corrected chi connectivity index (χ4v) is 3.69. The van der Waals surface area contributed by atoms with Gasteiger partial charge in [-0.25, -0.2) is 4.68 Å². The number of aliphatic hydroxyl groups excluding tert-OH is 1. The van der Waals surface area contributed by atoms with Crippen LogP contribution in [0.15, 0.2) is 54.6 Å². The molecular weight excluding hydrogens is 446 g/mol. The zero-order chi connectivity index (χ0) is 25.0. The SMILES string of the molecule is C#CCOCC(O)CN(CCOC)Cc1c(-c2ccccc2)nn(C)c1Oc1ccc(OC)cc1. The van der Waals surface area contributed by atoms with Crippen LogP contribution < -0.4 is 9.47 Å². The molecule has 0 amide bonds. The highest BCUT2D eigenvalue weighted by Gasteiger charge is 2.23. The van der Waals surface area contributed by atoms with Gasteiger partial charge in [0, 0.05) is 39.4 Å². The Kier molecular flexibility index (Phi) is 10.1. The zero-order valence-electron chi connectivity index (χ0n) is 20.5. The summed E-state index contributed by atoms with van der Waals surface area (Å²) in [5, 5.41) is 15.3. The van der Waals surface area contributed by atoms with Crippen molar-refractivity contribution in [3.8, 4) is 41.0 Å². The van der Waals surface area contributed by atoms with Crippen LogP contribution in [-0.4, -0.2) is 73.0 Å².